The zero-order valence-electron chi connectivity index (χ0n) is 45.7. The van der Waals surface area contributed by atoms with Crippen LogP contribution in [0.3, 0.4) is 0 Å². The van der Waals surface area contributed by atoms with E-state index >= 15 is 0 Å². The van der Waals surface area contributed by atoms with Crippen molar-refractivity contribution in [2.75, 3.05) is 13.2 Å². The number of aliphatic hydroxyl groups is 1. The van der Waals surface area contributed by atoms with E-state index in [0.717, 1.165) is 89.9 Å². The quantitative estimate of drug-likeness (QED) is 0.0373. The third kappa shape index (κ3) is 57.1. The van der Waals surface area contributed by atoms with Crippen molar-refractivity contribution in [1.29, 1.82) is 0 Å². The van der Waals surface area contributed by atoms with E-state index in [2.05, 4.69) is 123 Å². The van der Waals surface area contributed by atoms with Gasteiger partial charge in [-0.3, -0.25) is 9.59 Å². The maximum atomic E-state index is 12.3. The Balaban J connectivity index is 3.52. The van der Waals surface area contributed by atoms with Gasteiger partial charge in [0.15, 0.2) is 6.10 Å². The maximum absolute atomic E-state index is 12.3. The molecule has 0 saturated carbocycles. The number of hydrogen-bond donors (Lipinski definition) is 1. The highest BCUT2D eigenvalue weighted by atomic mass is 16.6. The lowest BCUT2D eigenvalue weighted by Crippen LogP contribution is -2.28. The number of allylic oxidation sites excluding steroid dienone is 18. The van der Waals surface area contributed by atoms with Gasteiger partial charge in [-0.2, -0.15) is 0 Å². The first-order valence-corrected chi connectivity index (χ1v) is 29.4. The average molecular weight is 972 g/mol. The van der Waals surface area contributed by atoms with Gasteiger partial charge in [0.05, 0.1) is 6.61 Å². The van der Waals surface area contributed by atoms with Crippen molar-refractivity contribution in [1.82, 2.24) is 0 Å². The van der Waals surface area contributed by atoms with E-state index in [0.29, 0.717) is 12.8 Å². The Labute approximate surface area is 433 Å². The van der Waals surface area contributed by atoms with E-state index in [4.69, 9.17) is 9.47 Å². The highest BCUT2D eigenvalue weighted by Gasteiger charge is 2.16. The van der Waals surface area contributed by atoms with E-state index in [1.54, 1.807) is 0 Å². The number of hydrogen-bond acceptors (Lipinski definition) is 5. The SMILES string of the molecule is CC/C=C\C/C=C\C/C=C\C/C=C\C/C=C\C/C=C\C/C=C\CCCCCCCCCCCCCCCC(=O)OC(CO)COC(=O)CCCCCCCCCCC/C=C\C/C=C\CCCCCCC. The summed E-state index contributed by atoms with van der Waals surface area (Å²) < 4.78 is 10.7. The van der Waals surface area contributed by atoms with Gasteiger partial charge in [-0.1, -0.05) is 264 Å². The van der Waals surface area contributed by atoms with E-state index in [9.17, 15) is 14.7 Å². The zero-order valence-corrected chi connectivity index (χ0v) is 45.7. The molecule has 0 spiro atoms. The van der Waals surface area contributed by atoms with Gasteiger partial charge in [0.1, 0.15) is 6.61 Å². The van der Waals surface area contributed by atoms with Crippen LogP contribution in [0.25, 0.3) is 0 Å². The van der Waals surface area contributed by atoms with Crippen molar-refractivity contribution in [2.45, 2.75) is 277 Å². The van der Waals surface area contributed by atoms with Crippen molar-refractivity contribution < 1.29 is 24.2 Å². The number of carbonyl (C=O) groups excluding carboxylic acids is 2. The Morgan fingerprint density at radius 3 is 0.929 bits per heavy atom. The fourth-order valence-corrected chi connectivity index (χ4v) is 8.15. The number of rotatable bonds is 53. The minimum absolute atomic E-state index is 0.0718. The molecule has 5 heteroatoms. The Hall–Kier alpha value is -3.44. The van der Waals surface area contributed by atoms with Gasteiger partial charge in [-0.15, -0.1) is 0 Å². The lowest BCUT2D eigenvalue weighted by Gasteiger charge is -2.15. The summed E-state index contributed by atoms with van der Waals surface area (Å²) in [5, 5.41) is 9.66. The average Bonchev–Trinajstić information content (AvgIpc) is 3.36. The molecule has 70 heavy (non-hydrogen) atoms. The summed E-state index contributed by atoms with van der Waals surface area (Å²) in [4.78, 5) is 24.5. The van der Waals surface area contributed by atoms with E-state index in [-0.39, 0.29) is 25.2 Å². The number of aliphatic hydroxyl groups excluding tert-OH is 1. The summed E-state index contributed by atoms with van der Waals surface area (Å²) >= 11 is 0. The zero-order chi connectivity index (χ0) is 50.6. The highest BCUT2D eigenvalue weighted by molar-refractivity contribution is 5.70. The number of carbonyl (C=O) groups is 2. The molecular formula is C65H110O5. The molecule has 0 rings (SSSR count). The van der Waals surface area contributed by atoms with Crippen LogP contribution in [0.2, 0.25) is 0 Å². The van der Waals surface area contributed by atoms with Crippen LogP contribution in [-0.4, -0.2) is 36.4 Å². The summed E-state index contributed by atoms with van der Waals surface area (Å²) in [6.45, 7) is 4.03. The molecule has 1 unspecified atom stereocenters. The molecule has 0 bridgehead atoms. The first-order chi connectivity index (χ1) is 34.6. The second kappa shape index (κ2) is 59.9. The maximum Gasteiger partial charge on any atom is 0.306 e. The van der Waals surface area contributed by atoms with Gasteiger partial charge in [0.2, 0.25) is 0 Å². The first-order valence-electron chi connectivity index (χ1n) is 29.4. The molecule has 0 radical (unpaired) electrons. The van der Waals surface area contributed by atoms with Gasteiger partial charge in [0, 0.05) is 12.8 Å². The molecule has 1 N–H and O–H groups in total. The second-order valence-electron chi connectivity index (χ2n) is 19.3. The molecule has 0 aliphatic rings. The molecule has 0 amide bonds. The van der Waals surface area contributed by atoms with Crippen LogP contribution in [0.1, 0.15) is 271 Å². The summed E-state index contributed by atoms with van der Waals surface area (Å²) in [6.07, 6.45) is 86.3. The van der Waals surface area contributed by atoms with E-state index in [1.165, 1.54) is 154 Å². The van der Waals surface area contributed by atoms with Crippen molar-refractivity contribution in [2.24, 2.45) is 0 Å². The second-order valence-corrected chi connectivity index (χ2v) is 19.3. The fraction of sp³-hybridized carbons (Fsp3) is 0.692. The Morgan fingerprint density at radius 1 is 0.343 bits per heavy atom. The molecule has 1 atom stereocenters. The molecule has 0 aromatic heterocycles. The summed E-state index contributed by atoms with van der Waals surface area (Å²) in [6, 6.07) is 0. The predicted octanol–water partition coefficient (Wildman–Crippen LogP) is 20.1. The minimum atomic E-state index is -0.781. The number of esters is 2. The van der Waals surface area contributed by atoms with E-state index < -0.39 is 6.10 Å². The van der Waals surface area contributed by atoms with Gasteiger partial charge >= 0.3 is 11.9 Å². The summed E-state index contributed by atoms with van der Waals surface area (Å²) in [7, 11) is 0. The van der Waals surface area contributed by atoms with Gasteiger partial charge in [-0.05, 0) is 103 Å². The molecule has 0 aromatic rings. The Kier molecular flexibility index (Phi) is 56.9. The van der Waals surface area contributed by atoms with Crippen molar-refractivity contribution in [3.8, 4) is 0 Å². The van der Waals surface area contributed by atoms with Gasteiger partial charge in [-0.25, -0.2) is 0 Å². The number of unbranched alkanes of at least 4 members (excludes halogenated alkanes) is 27. The smallest absolute Gasteiger partial charge is 0.306 e. The largest absolute Gasteiger partial charge is 0.462 e. The lowest BCUT2D eigenvalue weighted by atomic mass is 10.0. The highest BCUT2D eigenvalue weighted by Crippen LogP contribution is 2.16. The molecular weight excluding hydrogens is 861 g/mol. The molecule has 0 aliphatic heterocycles. The van der Waals surface area contributed by atoms with Crippen LogP contribution in [0.15, 0.2) is 109 Å². The van der Waals surface area contributed by atoms with Crippen LogP contribution in [0, 0.1) is 0 Å². The monoisotopic (exact) mass is 971 g/mol. The Bertz CT molecular complexity index is 1380. The first kappa shape index (κ1) is 66.6. The van der Waals surface area contributed by atoms with Crippen LogP contribution < -0.4 is 0 Å². The minimum Gasteiger partial charge on any atom is -0.462 e. The molecule has 5 nitrogen and oxygen atoms in total. The third-order valence-corrected chi connectivity index (χ3v) is 12.6. The van der Waals surface area contributed by atoms with Crippen LogP contribution in [-0.2, 0) is 19.1 Å². The van der Waals surface area contributed by atoms with Crippen LogP contribution in [0.4, 0.5) is 0 Å². The molecule has 0 saturated heterocycles. The normalized spacial score (nSPS) is 13.0. The fourth-order valence-electron chi connectivity index (χ4n) is 8.15. The third-order valence-electron chi connectivity index (χ3n) is 12.6. The molecule has 0 aliphatic carbocycles. The van der Waals surface area contributed by atoms with Crippen molar-refractivity contribution >= 4 is 11.9 Å². The van der Waals surface area contributed by atoms with Gasteiger partial charge < -0.3 is 14.6 Å². The molecule has 400 valence electrons. The predicted molar refractivity (Wildman–Crippen MR) is 306 cm³/mol. The molecule has 0 fully saturated rings. The van der Waals surface area contributed by atoms with Crippen LogP contribution >= 0.6 is 0 Å². The van der Waals surface area contributed by atoms with Crippen molar-refractivity contribution in [3.63, 3.8) is 0 Å². The van der Waals surface area contributed by atoms with Gasteiger partial charge in [0.25, 0.3) is 0 Å². The van der Waals surface area contributed by atoms with Crippen molar-refractivity contribution in [3.05, 3.63) is 109 Å². The van der Waals surface area contributed by atoms with E-state index in [1.807, 2.05) is 0 Å². The summed E-state index contributed by atoms with van der Waals surface area (Å²) in [5.74, 6) is -0.595. The lowest BCUT2D eigenvalue weighted by molar-refractivity contribution is -0.161. The number of ether oxygens (including phenoxy) is 2. The standard InChI is InChI=1S/C65H110O5/c1-3-5-7-9-11-13-15-17-19-21-23-25-26-27-28-29-30-31-32-33-34-35-36-37-38-40-42-44-46-48-50-52-54-56-58-60-65(68)70-63(61-66)62-69-64(67)59-57-55-53-51-49-47-45-43-41-39-24-22-20-18-16-14-12-10-8-6-4-2/h5,7,11,13,16-19,22-25,27-28,30-31,33-34,63,66H,3-4,6,8-10,12,14-15,20-21,26,29,32,35-62H2,1-2H3/b7-5-,13-11-,18-16-,19-17-,24-22-,25-23-,28-27-,31-30-,34-33-. The van der Waals surface area contributed by atoms with Crippen LogP contribution in [0.5, 0.6) is 0 Å². The molecule has 0 heterocycles. The Morgan fingerprint density at radius 2 is 0.614 bits per heavy atom. The summed E-state index contributed by atoms with van der Waals surface area (Å²) in [5.41, 5.74) is 0. The topological polar surface area (TPSA) is 72.8 Å². The molecule has 0 aromatic carbocycles.